The Hall–Kier alpha value is -0.570. The first-order valence-electron chi connectivity index (χ1n) is 8.13. The van der Waals surface area contributed by atoms with Crippen molar-refractivity contribution in [3.05, 3.63) is 0 Å². The number of amides is 1. The minimum atomic E-state index is 0.0494. The van der Waals surface area contributed by atoms with Gasteiger partial charge in [-0.1, -0.05) is 27.2 Å². The van der Waals surface area contributed by atoms with E-state index in [1.54, 1.807) is 0 Å². The molecule has 0 aromatic carbocycles. The summed E-state index contributed by atoms with van der Waals surface area (Å²) in [6.07, 6.45) is 6.99. The second-order valence-corrected chi connectivity index (χ2v) is 6.78. The van der Waals surface area contributed by atoms with Crippen LogP contribution in [0.15, 0.2) is 0 Å². The van der Waals surface area contributed by atoms with Gasteiger partial charge in [0.25, 0.3) is 0 Å². The monoisotopic (exact) mass is 266 g/mol. The summed E-state index contributed by atoms with van der Waals surface area (Å²) < 4.78 is 0. The minimum Gasteiger partial charge on any atom is -0.352 e. The number of piperidine rings is 1. The molecule has 1 saturated heterocycles. The van der Waals surface area contributed by atoms with Gasteiger partial charge < -0.3 is 10.6 Å². The van der Waals surface area contributed by atoms with E-state index in [1.807, 2.05) is 0 Å². The van der Waals surface area contributed by atoms with Crippen LogP contribution in [-0.4, -0.2) is 24.5 Å². The number of nitrogens with one attached hydrogen (secondary N) is 2. The Morgan fingerprint density at radius 2 is 1.95 bits per heavy atom. The van der Waals surface area contributed by atoms with E-state index >= 15 is 0 Å². The first-order chi connectivity index (χ1) is 9.10. The number of hydrogen-bond acceptors (Lipinski definition) is 2. The second kappa shape index (κ2) is 6.74. The quantitative estimate of drug-likeness (QED) is 0.824. The van der Waals surface area contributed by atoms with Crippen LogP contribution in [0.2, 0.25) is 0 Å². The van der Waals surface area contributed by atoms with E-state index in [4.69, 9.17) is 0 Å². The summed E-state index contributed by atoms with van der Waals surface area (Å²) in [5.41, 5.74) is 0. The lowest BCUT2D eigenvalue weighted by Gasteiger charge is -2.35. The Morgan fingerprint density at radius 3 is 2.63 bits per heavy atom. The molecule has 2 rings (SSSR count). The van der Waals surface area contributed by atoms with Crippen molar-refractivity contribution in [2.75, 3.05) is 6.54 Å². The van der Waals surface area contributed by atoms with E-state index in [9.17, 15) is 4.79 Å². The molecule has 19 heavy (non-hydrogen) atoms. The maximum atomic E-state index is 12.3. The Bertz CT molecular complexity index is 305. The van der Waals surface area contributed by atoms with E-state index in [0.29, 0.717) is 6.04 Å². The van der Waals surface area contributed by atoms with Crippen molar-refractivity contribution in [3.63, 3.8) is 0 Å². The van der Waals surface area contributed by atoms with Crippen LogP contribution in [0.3, 0.4) is 0 Å². The van der Waals surface area contributed by atoms with Gasteiger partial charge in [-0.3, -0.25) is 4.79 Å². The van der Waals surface area contributed by atoms with Crippen LogP contribution in [0, 0.1) is 17.8 Å². The fourth-order valence-electron chi connectivity index (χ4n) is 3.55. The minimum absolute atomic E-state index is 0.0494. The van der Waals surface area contributed by atoms with Crippen molar-refractivity contribution >= 4 is 5.91 Å². The SMILES string of the molecule is CCC1CCNC(C(=O)NC2CCC(C)C(C)C2)C1. The van der Waals surface area contributed by atoms with Gasteiger partial charge in [0.15, 0.2) is 0 Å². The van der Waals surface area contributed by atoms with Gasteiger partial charge in [0.05, 0.1) is 6.04 Å². The van der Waals surface area contributed by atoms with Crippen LogP contribution in [-0.2, 0) is 4.79 Å². The summed E-state index contributed by atoms with van der Waals surface area (Å²) in [4.78, 5) is 12.3. The molecule has 0 aromatic heterocycles. The molecule has 5 unspecified atom stereocenters. The van der Waals surface area contributed by atoms with Crippen molar-refractivity contribution in [1.82, 2.24) is 10.6 Å². The summed E-state index contributed by atoms with van der Waals surface area (Å²) >= 11 is 0. The van der Waals surface area contributed by atoms with Crippen molar-refractivity contribution < 1.29 is 4.79 Å². The average Bonchev–Trinajstić information content (AvgIpc) is 2.43. The molecule has 3 nitrogen and oxygen atoms in total. The third kappa shape index (κ3) is 3.95. The van der Waals surface area contributed by atoms with Crippen LogP contribution >= 0.6 is 0 Å². The molecule has 0 aromatic rings. The van der Waals surface area contributed by atoms with Gasteiger partial charge in [-0.25, -0.2) is 0 Å². The van der Waals surface area contributed by atoms with Crippen LogP contribution in [0.25, 0.3) is 0 Å². The highest BCUT2D eigenvalue weighted by Crippen LogP contribution is 2.29. The molecule has 110 valence electrons. The summed E-state index contributed by atoms with van der Waals surface area (Å²) in [5, 5.41) is 6.66. The molecule has 0 spiro atoms. The Morgan fingerprint density at radius 1 is 1.16 bits per heavy atom. The molecule has 2 fully saturated rings. The van der Waals surface area contributed by atoms with Gasteiger partial charge in [0, 0.05) is 6.04 Å². The lowest BCUT2D eigenvalue weighted by Crippen LogP contribution is -2.52. The molecule has 1 heterocycles. The van der Waals surface area contributed by atoms with Gasteiger partial charge in [0.1, 0.15) is 0 Å². The topological polar surface area (TPSA) is 41.1 Å². The van der Waals surface area contributed by atoms with Gasteiger partial charge in [-0.05, 0) is 56.4 Å². The van der Waals surface area contributed by atoms with Crippen LogP contribution < -0.4 is 10.6 Å². The third-order valence-electron chi connectivity index (χ3n) is 5.35. The number of carbonyl (C=O) groups is 1. The Kier molecular flexibility index (Phi) is 5.26. The zero-order chi connectivity index (χ0) is 13.8. The predicted octanol–water partition coefficient (Wildman–Crippen LogP) is 2.71. The molecule has 1 aliphatic heterocycles. The van der Waals surface area contributed by atoms with Crippen LogP contribution in [0.1, 0.15) is 59.3 Å². The first kappa shape index (κ1) is 14.8. The molecule has 5 atom stereocenters. The standard InChI is InChI=1S/C16H30N2O/c1-4-13-7-8-17-15(10-13)16(19)18-14-6-5-11(2)12(3)9-14/h11-15,17H,4-10H2,1-3H3,(H,18,19). The van der Waals surface area contributed by atoms with E-state index < -0.39 is 0 Å². The van der Waals surface area contributed by atoms with Crippen molar-refractivity contribution in [2.24, 2.45) is 17.8 Å². The lowest BCUT2D eigenvalue weighted by atomic mass is 9.79. The maximum Gasteiger partial charge on any atom is 0.237 e. The molecule has 0 radical (unpaired) electrons. The number of carbonyl (C=O) groups excluding carboxylic acids is 1. The molecule has 2 N–H and O–H groups in total. The van der Waals surface area contributed by atoms with E-state index in [1.165, 1.54) is 19.3 Å². The van der Waals surface area contributed by atoms with Gasteiger partial charge in [-0.2, -0.15) is 0 Å². The van der Waals surface area contributed by atoms with Gasteiger partial charge in [-0.15, -0.1) is 0 Å². The highest BCUT2D eigenvalue weighted by Gasteiger charge is 2.30. The van der Waals surface area contributed by atoms with E-state index in [2.05, 4.69) is 31.4 Å². The first-order valence-corrected chi connectivity index (χ1v) is 8.13. The lowest BCUT2D eigenvalue weighted by molar-refractivity contribution is -0.125. The predicted molar refractivity (Wildman–Crippen MR) is 78.9 cm³/mol. The molecule has 1 amide bonds. The average molecular weight is 266 g/mol. The molecule has 0 bridgehead atoms. The molecular weight excluding hydrogens is 236 g/mol. The van der Waals surface area contributed by atoms with Crippen molar-refractivity contribution in [1.29, 1.82) is 0 Å². The highest BCUT2D eigenvalue weighted by atomic mass is 16.2. The fraction of sp³-hybridized carbons (Fsp3) is 0.938. The third-order valence-corrected chi connectivity index (χ3v) is 5.35. The molecule has 1 saturated carbocycles. The number of rotatable bonds is 3. The number of hydrogen-bond donors (Lipinski definition) is 2. The highest BCUT2D eigenvalue weighted by molar-refractivity contribution is 5.82. The smallest absolute Gasteiger partial charge is 0.237 e. The summed E-state index contributed by atoms with van der Waals surface area (Å²) in [6, 6.07) is 0.454. The largest absolute Gasteiger partial charge is 0.352 e. The van der Waals surface area contributed by atoms with Gasteiger partial charge >= 0.3 is 0 Å². The zero-order valence-corrected chi connectivity index (χ0v) is 12.7. The van der Waals surface area contributed by atoms with Crippen molar-refractivity contribution in [3.8, 4) is 0 Å². The summed E-state index contributed by atoms with van der Waals surface area (Å²) in [6.45, 7) is 7.87. The normalized spacial score (nSPS) is 39.8. The van der Waals surface area contributed by atoms with Crippen LogP contribution in [0.4, 0.5) is 0 Å². The van der Waals surface area contributed by atoms with E-state index in [0.717, 1.165) is 43.6 Å². The zero-order valence-electron chi connectivity index (χ0n) is 12.7. The van der Waals surface area contributed by atoms with E-state index in [-0.39, 0.29) is 11.9 Å². The molecular formula is C16H30N2O. The Labute approximate surface area is 117 Å². The molecule has 1 aliphatic carbocycles. The maximum absolute atomic E-state index is 12.3. The molecule has 2 aliphatic rings. The van der Waals surface area contributed by atoms with Crippen molar-refractivity contribution in [2.45, 2.75) is 71.4 Å². The second-order valence-electron chi connectivity index (χ2n) is 6.78. The van der Waals surface area contributed by atoms with Gasteiger partial charge in [0.2, 0.25) is 5.91 Å². The fourth-order valence-corrected chi connectivity index (χ4v) is 3.55. The molecule has 3 heteroatoms. The summed E-state index contributed by atoms with van der Waals surface area (Å²) in [5.74, 6) is 2.51. The summed E-state index contributed by atoms with van der Waals surface area (Å²) in [7, 11) is 0. The Balaban J connectivity index is 1.80. The van der Waals surface area contributed by atoms with Crippen LogP contribution in [0.5, 0.6) is 0 Å².